The minimum atomic E-state index is -4.14. The average Bonchev–Trinajstić information content (AvgIpc) is 3.07. The van der Waals surface area contributed by atoms with Gasteiger partial charge in [-0.05, 0) is 61.2 Å². The summed E-state index contributed by atoms with van der Waals surface area (Å²) in [6.45, 7) is 1.65. The molecule has 0 spiro atoms. The van der Waals surface area contributed by atoms with Crippen molar-refractivity contribution in [1.82, 2.24) is 10.2 Å². The molecule has 5 rings (SSSR count). The lowest BCUT2D eigenvalue weighted by Crippen LogP contribution is -2.55. The first-order valence-corrected chi connectivity index (χ1v) is 18.0. The normalized spacial score (nSPS) is 14.3. The van der Waals surface area contributed by atoms with Crippen molar-refractivity contribution in [3.8, 4) is 0 Å². The molecule has 0 heterocycles. The summed E-state index contributed by atoms with van der Waals surface area (Å²) in [4.78, 5) is 30.4. The van der Waals surface area contributed by atoms with Crippen LogP contribution in [0.25, 0.3) is 0 Å². The number of benzene rings is 4. The number of carbonyl (C=O) groups excluding carboxylic acids is 2. The van der Waals surface area contributed by atoms with E-state index in [-0.39, 0.29) is 23.4 Å². The molecule has 0 aromatic heterocycles. The first-order valence-electron chi connectivity index (χ1n) is 15.7. The number of anilines is 1. The predicted molar refractivity (Wildman–Crippen MR) is 186 cm³/mol. The van der Waals surface area contributed by atoms with Crippen LogP contribution in [0.1, 0.15) is 48.8 Å². The van der Waals surface area contributed by atoms with E-state index < -0.39 is 28.5 Å². The van der Waals surface area contributed by atoms with Gasteiger partial charge in [0.2, 0.25) is 11.8 Å². The van der Waals surface area contributed by atoms with Crippen molar-refractivity contribution in [3.63, 3.8) is 0 Å². The summed E-state index contributed by atoms with van der Waals surface area (Å²) in [6, 6.07) is 31.6. The minimum absolute atomic E-state index is 0.0486. The minimum Gasteiger partial charge on any atom is -0.352 e. The van der Waals surface area contributed by atoms with Crippen LogP contribution in [0.3, 0.4) is 0 Å². The Kier molecular flexibility index (Phi) is 11.3. The molecule has 1 aliphatic carbocycles. The van der Waals surface area contributed by atoms with Gasteiger partial charge in [-0.1, -0.05) is 120 Å². The Morgan fingerprint density at radius 2 is 1.48 bits per heavy atom. The van der Waals surface area contributed by atoms with Crippen LogP contribution in [0.5, 0.6) is 0 Å². The van der Waals surface area contributed by atoms with Crippen LogP contribution in [0.15, 0.2) is 119 Å². The first kappa shape index (κ1) is 33.4. The van der Waals surface area contributed by atoms with Gasteiger partial charge in [-0.15, -0.1) is 0 Å². The number of sulfonamides is 1. The van der Waals surface area contributed by atoms with Gasteiger partial charge in [0.05, 0.1) is 10.6 Å². The van der Waals surface area contributed by atoms with Crippen LogP contribution in [0.4, 0.5) is 5.69 Å². The molecule has 240 valence electrons. The van der Waals surface area contributed by atoms with Crippen molar-refractivity contribution < 1.29 is 18.0 Å². The fourth-order valence-electron chi connectivity index (χ4n) is 5.87. The number of hydrogen-bond acceptors (Lipinski definition) is 4. The number of aryl methyl sites for hydroxylation is 1. The Hall–Kier alpha value is -3.95. The Bertz CT molecular complexity index is 1710. The van der Waals surface area contributed by atoms with Crippen molar-refractivity contribution in [1.29, 1.82) is 0 Å². The summed E-state index contributed by atoms with van der Waals surface area (Å²) >= 11 is 3.46. The molecule has 0 unspecified atom stereocenters. The third-order valence-corrected chi connectivity index (χ3v) is 10.7. The molecule has 7 nitrogen and oxygen atoms in total. The van der Waals surface area contributed by atoms with E-state index >= 15 is 0 Å². The molecule has 46 heavy (non-hydrogen) atoms. The number of hydrogen-bond donors (Lipinski definition) is 1. The van der Waals surface area contributed by atoms with E-state index in [2.05, 4.69) is 21.2 Å². The molecule has 1 atom stereocenters. The molecule has 1 fully saturated rings. The Morgan fingerprint density at radius 1 is 0.826 bits per heavy atom. The van der Waals surface area contributed by atoms with Gasteiger partial charge in [0.15, 0.2) is 0 Å². The van der Waals surface area contributed by atoms with Crippen LogP contribution in [0.2, 0.25) is 0 Å². The molecule has 0 aliphatic heterocycles. The highest BCUT2D eigenvalue weighted by Crippen LogP contribution is 2.27. The van der Waals surface area contributed by atoms with Crippen molar-refractivity contribution in [2.45, 2.75) is 69.0 Å². The quantitative estimate of drug-likeness (QED) is 0.172. The molecule has 1 N–H and O–H groups in total. The first-order chi connectivity index (χ1) is 22.2. The Morgan fingerprint density at radius 3 is 2.13 bits per heavy atom. The smallest absolute Gasteiger partial charge is 0.264 e. The second kappa shape index (κ2) is 15.6. The number of halogens is 1. The molecular formula is C37H40BrN3O4S. The summed E-state index contributed by atoms with van der Waals surface area (Å²) in [5, 5.41) is 3.25. The highest BCUT2D eigenvalue weighted by atomic mass is 79.9. The van der Waals surface area contributed by atoms with Gasteiger partial charge >= 0.3 is 0 Å². The van der Waals surface area contributed by atoms with Crippen molar-refractivity contribution in [2.24, 2.45) is 0 Å². The molecule has 1 aliphatic rings. The van der Waals surface area contributed by atoms with E-state index in [4.69, 9.17) is 0 Å². The van der Waals surface area contributed by atoms with Crippen LogP contribution < -0.4 is 9.62 Å². The maximum Gasteiger partial charge on any atom is 0.264 e. The van der Waals surface area contributed by atoms with E-state index in [0.29, 0.717) is 16.6 Å². The van der Waals surface area contributed by atoms with E-state index in [1.165, 1.54) is 12.1 Å². The van der Waals surface area contributed by atoms with Gasteiger partial charge in [0, 0.05) is 23.5 Å². The van der Waals surface area contributed by atoms with E-state index in [9.17, 15) is 18.0 Å². The van der Waals surface area contributed by atoms with Crippen molar-refractivity contribution in [3.05, 3.63) is 130 Å². The summed E-state index contributed by atoms with van der Waals surface area (Å²) in [7, 11) is -4.14. The topological polar surface area (TPSA) is 86.8 Å². The third-order valence-electron chi connectivity index (χ3n) is 8.40. The number of carbonyl (C=O) groups is 2. The summed E-state index contributed by atoms with van der Waals surface area (Å²) in [6.07, 6.45) is 5.36. The number of amides is 2. The molecular weight excluding hydrogens is 662 g/mol. The van der Waals surface area contributed by atoms with Crippen LogP contribution in [-0.4, -0.2) is 43.8 Å². The van der Waals surface area contributed by atoms with Gasteiger partial charge in [0.25, 0.3) is 10.0 Å². The van der Waals surface area contributed by atoms with Gasteiger partial charge < -0.3 is 10.2 Å². The van der Waals surface area contributed by atoms with Gasteiger partial charge in [-0.2, -0.15) is 0 Å². The molecule has 2 amide bonds. The lowest BCUT2D eigenvalue weighted by molar-refractivity contribution is -0.140. The van der Waals surface area contributed by atoms with E-state index in [0.717, 1.165) is 53.1 Å². The van der Waals surface area contributed by atoms with Crippen LogP contribution >= 0.6 is 15.9 Å². The van der Waals surface area contributed by atoms with Gasteiger partial charge in [0.1, 0.15) is 12.6 Å². The SMILES string of the molecule is Cc1ccc(CN(C(=O)CN(c2cccc(Br)c2)S(=O)(=O)c2ccccc2)[C@H](Cc2ccccc2)C(=O)NC2CCCCC2)cc1. The average molecular weight is 703 g/mol. The highest BCUT2D eigenvalue weighted by molar-refractivity contribution is 9.10. The number of rotatable bonds is 12. The Balaban J connectivity index is 1.55. The van der Waals surface area contributed by atoms with Crippen LogP contribution in [-0.2, 0) is 32.6 Å². The molecule has 4 aromatic carbocycles. The molecule has 0 saturated heterocycles. The fraction of sp³-hybridized carbons (Fsp3) is 0.297. The zero-order valence-corrected chi connectivity index (χ0v) is 28.4. The van der Waals surface area contributed by atoms with Crippen molar-refractivity contribution in [2.75, 3.05) is 10.8 Å². The third kappa shape index (κ3) is 8.65. The standard InChI is InChI=1S/C37H40BrN3O4S/c1-28-20-22-30(23-21-28)26-40(35(24-29-12-5-2-6-13-29)37(43)39-32-15-7-3-8-16-32)36(42)27-41(33-17-11-14-31(38)25-33)46(44,45)34-18-9-4-10-19-34/h2,4-6,9-14,17-23,25,32,35H,3,7-8,15-16,24,26-27H2,1H3,(H,39,43)/t35-/m1/s1. The molecule has 4 aromatic rings. The second-order valence-electron chi connectivity index (χ2n) is 11.9. The molecule has 0 radical (unpaired) electrons. The van der Waals surface area contributed by atoms with Crippen LogP contribution in [0, 0.1) is 6.92 Å². The summed E-state index contributed by atoms with van der Waals surface area (Å²) < 4.78 is 30.0. The maximum atomic E-state index is 14.6. The predicted octanol–water partition coefficient (Wildman–Crippen LogP) is 7.04. The lowest BCUT2D eigenvalue weighted by atomic mass is 9.94. The summed E-state index contributed by atoms with van der Waals surface area (Å²) in [5.74, 6) is -0.698. The van der Waals surface area contributed by atoms with E-state index in [1.54, 1.807) is 47.4 Å². The Labute approximate surface area is 280 Å². The van der Waals surface area contributed by atoms with Gasteiger partial charge in [-0.25, -0.2) is 8.42 Å². The highest BCUT2D eigenvalue weighted by Gasteiger charge is 2.35. The maximum absolute atomic E-state index is 14.6. The van der Waals surface area contributed by atoms with Crippen molar-refractivity contribution >= 4 is 43.5 Å². The largest absolute Gasteiger partial charge is 0.352 e. The molecule has 0 bridgehead atoms. The summed E-state index contributed by atoms with van der Waals surface area (Å²) in [5.41, 5.74) is 3.18. The lowest BCUT2D eigenvalue weighted by Gasteiger charge is -2.35. The van der Waals surface area contributed by atoms with Gasteiger partial charge in [-0.3, -0.25) is 13.9 Å². The number of nitrogens with zero attached hydrogens (tertiary/aromatic N) is 2. The fourth-order valence-corrected chi connectivity index (χ4v) is 7.68. The van der Waals surface area contributed by atoms with E-state index in [1.807, 2.05) is 61.5 Å². The molecule has 1 saturated carbocycles. The second-order valence-corrected chi connectivity index (χ2v) is 14.6. The molecule has 9 heteroatoms. The number of nitrogens with one attached hydrogen (secondary N) is 1. The zero-order valence-electron chi connectivity index (χ0n) is 26.0. The monoisotopic (exact) mass is 701 g/mol. The zero-order chi connectivity index (χ0) is 32.5.